The number of rotatable bonds is 6. The molecule has 0 atom stereocenters. The molecule has 4 bridgehead atoms. The van der Waals surface area contributed by atoms with Gasteiger partial charge in [0.15, 0.2) is 0 Å². The summed E-state index contributed by atoms with van der Waals surface area (Å²) in [6.07, 6.45) is 6.75. The second-order valence-corrected chi connectivity index (χ2v) is 11.4. The lowest BCUT2D eigenvalue weighted by Crippen LogP contribution is -2.59. The standard InChI is InChI=1S/C24H27FN2O3S/c25-20-3-1-16(2-4-20)12-23(28)26-21-5-7-22(8-6-21)31(29,30)27-24-13-17-9-18(14-24)11-19(10-17)15-24/h1-8,17-19,27H,9-15H2,(H,26,28). The molecule has 0 saturated heterocycles. The van der Waals surface area contributed by atoms with E-state index in [2.05, 4.69) is 10.0 Å². The third-order valence-electron chi connectivity index (χ3n) is 7.12. The van der Waals surface area contributed by atoms with Gasteiger partial charge >= 0.3 is 0 Å². The molecule has 0 unspecified atom stereocenters. The molecule has 0 aliphatic heterocycles. The highest BCUT2D eigenvalue weighted by atomic mass is 32.2. The fourth-order valence-electron chi connectivity index (χ4n) is 6.29. The quantitative estimate of drug-likeness (QED) is 0.702. The van der Waals surface area contributed by atoms with Crippen LogP contribution in [0, 0.1) is 23.6 Å². The molecule has 0 aromatic heterocycles. The summed E-state index contributed by atoms with van der Waals surface area (Å²) in [7, 11) is -3.62. The first-order chi connectivity index (χ1) is 14.8. The van der Waals surface area contributed by atoms with Crippen LogP contribution >= 0.6 is 0 Å². The maximum Gasteiger partial charge on any atom is 0.241 e. The number of hydrogen-bond acceptors (Lipinski definition) is 3. The van der Waals surface area contributed by atoms with Gasteiger partial charge in [0.25, 0.3) is 0 Å². The summed E-state index contributed by atoms with van der Waals surface area (Å²) < 4.78 is 42.2. The summed E-state index contributed by atoms with van der Waals surface area (Å²) in [4.78, 5) is 12.5. The molecule has 164 valence electrons. The summed E-state index contributed by atoms with van der Waals surface area (Å²) in [6.45, 7) is 0. The Hall–Kier alpha value is -2.25. The van der Waals surface area contributed by atoms with E-state index in [4.69, 9.17) is 0 Å². The SMILES string of the molecule is O=C(Cc1ccc(F)cc1)Nc1ccc(S(=O)(=O)NC23CC4CC(CC(C4)C2)C3)cc1. The van der Waals surface area contributed by atoms with E-state index in [1.165, 1.54) is 43.5 Å². The molecule has 4 fully saturated rings. The Balaban J connectivity index is 1.24. The van der Waals surface area contributed by atoms with Crippen LogP contribution in [0.25, 0.3) is 0 Å². The van der Waals surface area contributed by atoms with E-state index in [0.717, 1.165) is 19.3 Å². The van der Waals surface area contributed by atoms with Crippen LogP contribution in [0.1, 0.15) is 44.1 Å². The average molecular weight is 443 g/mol. The number of amides is 1. The third-order valence-corrected chi connectivity index (χ3v) is 8.71. The lowest BCUT2D eigenvalue weighted by atomic mass is 9.53. The number of halogens is 1. The minimum atomic E-state index is -3.62. The molecule has 5 nitrogen and oxygen atoms in total. The van der Waals surface area contributed by atoms with Gasteiger partial charge < -0.3 is 5.32 Å². The normalized spacial score (nSPS) is 29.1. The minimum absolute atomic E-state index is 0.119. The van der Waals surface area contributed by atoms with E-state index in [1.54, 1.807) is 24.3 Å². The number of sulfonamides is 1. The van der Waals surface area contributed by atoms with Crippen LogP contribution in [-0.2, 0) is 21.2 Å². The molecule has 2 N–H and O–H groups in total. The molecule has 7 heteroatoms. The van der Waals surface area contributed by atoms with Crippen molar-refractivity contribution >= 4 is 21.6 Å². The Morgan fingerprint density at radius 3 is 2.00 bits per heavy atom. The van der Waals surface area contributed by atoms with Crippen molar-refractivity contribution in [2.75, 3.05) is 5.32 Å². The van der Waals surface area contributed by atoms with Crippen molar-refractivity contribution in [1.82, 2.24) is 4.72 Å². The van der Waals surface area contributed by atoms with Gasteiger partial charge in [0.05, 0.1) is 11.3 Å². The van der Waals surface area contributed by atoms with Gasteiger partial charge in [0, 0.05) is 11.2 Å². The van der Waals surface area contributed by atoms with Gasteiger partial charge in [-0.2, -0.15) is 0 Å². The lowest BCUT2D eigenvalue weighted by Gasteiger charge is -2.56. The van der Waals surface area contributed by atoms with Crippen LogP contribution in [0.3, 0.4) is 0 Å². The number of nitrogens with one attached hydrogen (secondary N) is 2. The van der Waals surface area contributed by atoms with Gasteiger partial charge in [-0.15, -0.1) is 0 Å². The van der Waals surface area contributed by atoms with Crippen LogP contribution in [0.4, 0.5) is 10.1 Å². The number of carbonyl (C=O) groups is 1. The monoisotopic (exact) mass is 442 g/mol. The average Bonchev–Trinajstić information content (AvgIpc) is 2.68. The van der Waals surface area contributed by atoms with Gasteiger partial charge in [0.1, 0.15) is 5.82 Å². The molecule has 6 rings (SSSR count). The molecule has 2 aromatic rings. The molecular weight excluding hydrogens is 415 g/mol. The fourth-order valence-corrected chi connectivity index (χ4v) is 7.72. The number of benzene rings is 2. The van der Waals surface area contributed by atoms with E-state index >= 15 is 0 Å². The van der Waals surface area contributed by atoms with Crippen molar-refractivity contribution in [2.24, 2.45) is 17.8 Å². The van der Waals surface area contributed by atoms with E-state index < -0.39 is 10.0 Å². The predicted molar refractivity (Wildman–Crippen MR) is 116 cm³/mol. The fraction of sp³-hybridized carbons (Fsp3) is 0.458. The van der Waals surface area contributed by atoms with Crippen LogP contribution < -0.4 is 10.0 Å². The predicted octanol–water partition coefficient (Wildman–Crippen LogP) is 4.25. The van der Waals surface area contributed by atoms with Gasteiger partial charge in [-0.1, -0.05) is 12.1 Å². The first-order valence-corrected chi connectivity index (χ1v) is 12.5. The third kappa shape index (κ3) is 4.39. The van der Waals surface area contributed by atoms with Crippen molar-refractivity contribution in [2.45, 2.75) is 55.4 Å². The van der Waals surface area contributed by atoms with Gasteiger partial charge in [-0.25, -0.2) is 17.5 Å². The van der Waals surface area contributed by atoms with Crippen molar-refractivity contribution in [3.8, 4) is 0 Å². The molecule has 0 heterocycles. The maximum absolute atomic E-state index is 13.1. The van der Waals surface area contributed by atoms with E-state index in [-0.39, 0.29) is 28.6 Å². The van der Waals surface area contributed by atoms with Crippen LogP contribution in [0.2, 0.25) is 0 Å². The van der Waals surface area contributed by atoms with Gasteiger partial charge in [-0.3, -0.25) is 4.79 Å². The van der Waals surface area contributed by atoms with Gasteiger partial charge in [0.2, 0.25) is 15.9 Å². The Kier molecular flexibility index (Phi) is 5.13. The topological polar surface area (TPSA) is 75.3 Å². The molecule has 4 aliphatic rings. The molecular formula is C24H27FN2O3S. The second-order valence-electron chi connectivity index (χ2n) is 9.68. The molecule has 31 heavy (non-hydrogen) atoms. The van der Waals surface area contributed by atoms with Crippen molar-refractivity contribution < 1.29 is 17.6 Å². The molecule has 4 aliphatic carbocycles. The van der Waals surface area contributed by atoms with Crippen LogP contribution in [0.5, 0.6) is 0 Å². The molecule has 0 spiro atoms. The first kappa shape index (κ1) is 20.6. The highest BCUT2D eigenvalue weighted by molar-refractivity contribution is 7.89. The Morgan fingerprint density at radius 2 is 1.45 bits per heavy atom. The molecule has 2 aromatic carbocycles. The summed E-state index contributed by atoms with van der Waals surface area (Å²) in [5.41, 5.74) is 0.953. The van der Waals surface area contributed by atoms with Crippen molar-refractivity contribution in [1.29, 1.82) is 0 Å². The highest BCUT2D eigenvalue weighted by Gasteiger charge is 2.52. The first-order valence-electron chi connectivity index (χ1n) is 11.0. The summed E-state index contributed by atoms with van der Waals surface area (Å²) >= 11 is 0. The summed E-state index contributed by atoms with van der Waals surface area (Å²) in [5.74, 6) is 1.39. The number of hydrogen-bond donors (Lipinski definition) is 2. The van der Waals surface area contributed by atoms with Crippen LogP contribution in [-0.4, -0.2) is 19.9 Å². The zero-order valence-corrected chi connectivity index (χ0v) is 18.1. The van der Waals surface area contributed by atoms with Crippen molar-refractivity contribution in [3.05, 3.63) is 59.9 Å². The maximum atomic E-state index is 13.1. The second kappa shape index (κ2) is 7.71. The van der Waals surface area contributed by atoms with E-state index in [9.17, 15) is 17.6 Å². The Labute approximate surface area is 182 Å². The molecule has 1 amide bonds. The van der Waals surface area contributed by atoms with Crippen LogP contribution in [0.15, 0.2) is 53.4 Å². The Morgan fingerprint density at radius 1 is 0.903 bits per heavy atom. The summed E-state index contributed by atoms with van der Waals surface area (Å²) in [5, 5.41) is 2.76. The minimum Gasteiger partial charge on any atom is -0.326 e. The zero-order valence-electron chi connectivity index (χ0n) is 17.3. The smallest absolute Gasteiger partial charge is 0.241 e. The Bertz CT molecular complexity index is 1050. The number of carbonyl (C=O) groups excluding carboxylic acids is 1. The molecule has 0 radical (unpaired) electrons. The van der Waals surface area contributed by atoms with E-state index in [1.807, 2.05) is 0 Å². The van der Waals surface area contributed by atoms with Crippen molar-refractivity contribution in [3.63, 3.8) is 0 Å². The van der Waals surface area contributed by atoms with Gasteiger partial charge in [-0.05, 0) is 98.2 Å². The zero-order chi connectivity index (χ0) is 21.6. The lowest BCUT2D eigenvalue weighted by molar-refractivity contribution is -0.115. The summed E-state index contributed by atoms with van der Waals surface area (Å²) in [6, 6.07) is 12.1. The number of anilines is 1. The highest BCUT2D eigenvalue weighted by Crippen LogP contribution is 2.55. The molecule has 4 saturated carbocycles. The largest absolute Gasteiger partial charge is 0.326 e. The van der Waals surface area contributed by atoms with E-state index in [0.29, 0.717) is 29.0 Å².